The third kappa shape index (κ3) is 9.72. The van der Waals surface area contributed by atoms with E-state index in [0.29, 0.717) is 31.7 Å². The molecule has 2 aliphatic rings. The van der Waals surface area contributed by atoms with E-state index in [9.17, 15) is 24.0 Å². The van der Waals surface area contributed by atoms with E-state index in [-0.39, 0.29) is 36.1 Å². The first kappa shape index (κ1) is 30.1. The molecule has 36 heavy (non-hydrogen) atoms. The van der Waals surface area contributed by atoms with Gasteiger partial charge < -0.3 is 31.9 Å². The maximum absolute atomic E-state index is 13.3. The number of primary amides is 1. The zero-order valence-corrected chi connectivity index (χ0v) is 22.8. The summed E-state index contributed by atoms with van der Waals surface area (Å²) in [6, 6.07) is -2.72. The smallest absolute Gasteiger partial charge is 0.315 e. The summed E-state index contributed by atoms with van der Waals surface area (Å²) in [7, 11) is 0. The van der Waals surface area contributed by atoms with Gasteiger partial charge in [0, 0.05) is 19.1 Å². The Bertz CT molecular complexity index is 780. The lowest BCUT2D eigenvalue weighted by molar-refractivity contribution is -0.138. The largest absolute Gasteiger partial charge is 0.368 e. The zero-order chi connectivity index (χ0) is 26.5. The van der Waals surface area contributed by atoms with Gasteiger partial charge in [-0.05, 0) is 44.6 Å². The molecule has 2 fully saturated rings. The Labute approximate surface area is 221 Å². The maximum Gasteiger partial charge on any atom is 0.315 e. The van der Waals surface area contributed by atoms with Gasteiger partial charge >= 0.3 is 6.03 Å². The number of carbonyl (C=O) groups excluding carboxylic acids is 5. The third-order valence-corrected chi connectivity index (χ3v) is 7.53. The van der Waals surface area contributed by atoms with Gasteiger partial charge in [-0.15, -0.1) is 0 Å². The fourth-order valence-electron chi connectivity index (χ4n) is 4.66. The van der Waals surface area contributed by atoms with Crippen molar-refractivity contribution in [2.75, 3.05) is 37.1 Å². The third-order valence-electron chi connectivity index (χ3n) is 6.44. The fraction of sp³-hybridized carbons (Fsp3) is 0.783. The van der Waals surface area contributed by atoms with Crippen LogP contribution in [0.5, 0.6) is 0 Å². The number of thioether (sulfide) groups is 2. The molecule has 1 saturated carbocycles. The number of nitrogens with two attached hydrogens (primary N) is 1. The van der Waals surface area contributed by atoms with Gasteiger partial charge in [0.2, 0.25) is 23.6 Å². The van der Waals surface area contributed by atoms with E-state index in [0.717, 1.165) is 25.7 Å². The average Bonchev–Trinajstić information content (AvgIpc) is 3.25. The van der Waals surface area contributed by atoms with E-state index in [1.807, 2.05) is 6.26 Å². The summed E-state index contributed by atoms with van der Waals surface area (Å²) in [6.07, 6.45) is 9.93. The van der Waals surface area contributed by atoms with Crippen molar-refractivity contribution in [3.8, 4) is 0 Å². The lowest BCUT2D eigenvalue weighted by Gasteiger charge is -2.30. The van der Waals surface area contributed by atoms with Gasteiger partial charge in [0.25, 0.3) is 0 Å². The highest BCUT2D eigenvalue weighted by Gasteiger charge is 2.43. The number of nitrogens with one attached hydrogen (secondary N) is 4. The van der Waals surface area contributed by atoms with Gasteiger partial charge in [0.1, 0.15) is 12.1 Å². The molecule has 13 heteroatoms. The number of hydrogen-bond acceptors (Lipinski definition) is 7. The summed E-state index contributed by atoms with van der Waals surface area (Å²) in [6.45, 7) is 0.681. The van der Waals surface area contributed by atoms with E-state index < -0.39 is 29.9 Å². The van der Waals surface area contributed by atoms with Crippen LogP contribution in [0.4, 0.5) is 4.79 Å². The van der Waals surface area contributed by atoms with Crippen LogP contribution in [-0.2, 0) is 19.2 Å². The van der Waals surface area contributed by atoms with E-state index in [2.05, 4.69) is 21.3 Å². The first-order valence-electron chi connectivity index (χ1n) is 12.5. The second-order valence-corrected chi connectivity index (χ2v) is 10.9. The Morgan fingerprint density at radius 2 is 1.67 bits per heavy atom. The first-order valence-corrected chi connectivity index (χ1v) is 15.3. The summed E-state index contributed by atoms with van der Waals surface area (Å²) in [5, 5.41) is 11.3. The van der Waals surface area contributed by atoms with Gasteiger partial charge in [0.15, 0.2) is 0 Å². The SMILES string of the molecule is CSCC(=O)NCCCC(NC(=O)C1C(NC(=O)NC2CCCCC2)CCN1C(=O)CSC)C(N)=O. The predicted octanol–water partition coefficient (Wildman–Crippen LogP) is 0.180. The molecule has 2 rings (SSSR count). The molecule has 0 radical (unpaired) electrons. The molecule has 3 atom stereocenters. The lowest BCUT2D eigenvalue weighted by atomic mass is 9.96. The molecule has 0 spiro atoms. The van der Waals surface area contributed by atoms with Crippen LogP contribution in [0.1, 0.15) is 51.4 Å². The van der Waals surface area contributed by atoms with Crippen LogP contribution in [-0.4, -0.2) is 95.8 Å². The van der Waals surface area contributed by atoms with Crippen LogP contribution >= 0.6 is 23.5 Å². The van der Waals surface area contributed by atoms with Crippen molar-refractivity contribution in [1.29, 1.82) is 0 Å². The van der Waals surface area contributed by atoms with E-state index in [1.54, 1.807) is 6.26 Å². The Morgan fingerprint density at radius 3 is 2.31 bits per heavy atom. The molecule has 0 bridgehead atoms. The van der Waals surface area contributed by atoms with Crippen molar-refractivity contribution >= 4 is 53.2 Å². The molecule has 11 nitrogen and oxygen atoms in total. The molecule has 1 aliphatic carbocycles. The number of amides is 6. The Hall–Kier alpha value is -2.15. The minimum atomic E-state index is -0.954. The summed E-state index contributed by atoms with van der Waals surface area (Å²) >= 11 is 2.76. The molecule has 3 unspecified atom stereocenters. The van der Waals surface area contributed by atoms with Crippen molar-refractivity contribution in [3.63, 3.8) is 0 Å². The van der Waals surface area contributed by atoms with E-state index in [1.165, 1.54) is 34.8 Å². The normalized spacial score (nSPS) is 20.9. The molecule has 0 aromatic rings. The summed E-state index contributed by atoms with van der Waals surface area (Å²) in [4.78, 5) is 63.8. The predicted molar refractivity (Wildman–Crippen MR) is 143 cm³/mol. The molecule has 6 amide bonds. The van der Waals surface area contributed by atoms with Gasteiger partial charge in [-0.1, -0.05) is 19.3 Å². The number of hydrogen-bond donors (Lipinski definition) is 5. The van der Waals surface area contributed by atoms with Crippen molar-refractivity contribution in [2.24, 2.45) is 5.73 Å². The highest BCUT2D eigenvalue weighted by molar-refractivity contribution is 7.99. The Balaban J connectivity index is 2.01. The quantitative estimate of drug-likeness (QED) is 0.207. The van der Waals surface area contributed by atoms with E-state index in [4.69, 9.17) is 5.73 Å². The molecule has 204 valence electrons. The van der Waals surface area contributed by atoms with Crippen LogP contribution in [0.2, 0.25) is 0 Å². The minimum absolute atomic E-state index is 0.100. The highest BCUT2D eigenvalue weighted by Crippen LogP contribution is 2.21. The van der Waals surface area contributed by atoms with Crippen molar-refractivity contribution < 1.29 is 24.0 Å². The fourth-order valence-corrected chi connectivity index (χ4v) is 5.43. The highest BCUT2D eigenvalue weighted by atomic mass is 32.2. The number of urea groups is 1. The Morgan fingerprint density at radius 1 is 0.972 bits per heavy atom. The standard InChI is InChI=1S/C23H40N6O5S2/c1-35-13-18(30)25-11-6-9-17(21(24)32)27-22(33)20-16(10-12-29(20)19(31)14-36-2)28-23(34)26-15-7-4-3-5-8-15/h15-17,20H,3-14H2,1-2H3,(H2,24,32)(H,25,30)(H,27,33)(H2,26,28,34). The van der Waals surface area contributed by atoms with Gasteiger partial charge in [-0.3, -0.25) is 19.2 Å². The molecule has 1 saturated heterocycles. The second kappa shape index (κ2) is 15.9. The van der Waals surface area contributed by atoms with Crippen molar-refractivity contribution in [3.05, 3.63) is 0 Å². The molecule has 0 aromatic carbocycles. The zero-order valence-electron chi connectivity index (χ0n) is 21.2. The van der Waals surface area contributed by atoms with Gasteiger partial charge in [-0.25, -0.2) is 4.79 Å². The average molecular weight is 545 g/mol. The molecule has 1 aliphatic heterocycles. The molecular weight excluding hydrogens is 504 g/mol. The van der Waals surface area contributed by atoms with Crippen LogP contribution in [0.25, 0.3) is 0 Å². The van der Waals surface area contributed by atoms with Crippen LogP contribution in [0.3, 0.4) is 0 Å². The van der Waals surface area contributed by atoms with Gasteiger partial charge in [0.05, 0.1) is 17.5 Å². The summed E-state index contributed by atoms with van der Waals surface area (Å²) in [5.74, 6) is -0.971. The van der Waals surface area contributed by atoms with Gasteiger partial charge in [-0.2, -0.15) is 23.5 Å². The first-order chi connectivity index (χ1) is 17.3. The van der Waals surface area contributed by atoms with Crippen LogP contribution in [0, 0.1) is 0 Å². The molecular formula is C23H40N6O5S2. The molecule has 1 heterocycles. The Kier molecular flexibility index (Phi) is 13.2. The summed E-state index contributed by atoms with van der Waals surface area (Å²) < 4.78 is 0. The number of carbonyl (C=O) groups is 5. The van der Waals surface area contributed by atoms with Crippen molar-refractivity contribution in [1.82, 2.24) is 26.2 Å². The maximum atomic E-state index is 13.3. The van der Waals surface area contributed by atoms with Crippen LogP contribution < -0.4 is 27.0 Å². The summed E-state index contributed by atoms with van der Waals surface area (Å²) in [5.41, 5.74) is 5.53. The topological polar surface area (TPSA) is 163 Å². The number of nitrogens with zero attached hydrogens (tertiary/aromatic N) is 1. The number of rotatable bonds is 13. The molecule has 0 aromatic heterocycles. The minimum Gasteiger partial charge on any atom is -0.368 e. The van der Waals surface area contributed by atoms with Crippen molar-refractivity contribution in [2.45, 2.75) is 75.5 Å². The number of likely N-dealkylation sites (tertiary alicyclic amines) is 1. The van der Waals surface area contributed by atoms with Crippen LogP contribution in [0.15, 0.2) is 0 Å². The van der Waals surface area contributed by atoms with E-state index >= 15 is 0 Å². The lowest BCUT2D eigenvalue weighted by Crippen LogP contribution is -2.59. The molecule has 6 N–H and O–H groups in total. The second-order valence-electron chi connectivity index (χ2n) is 9.20. The monoisotopic (exact) mass is 544 g/mol.